The second kappa shape index (κ2) is 6.72. The summed E-state index contributed by atoms with van der Waals surface area (Å²) < 4.78 is 13.8. The lowest BCUT2D eigenvalue weighted by Gasteiger charge is -2.22. The number of anilines is 1. The maximum atomic E-state index is 13.8. The number of hydrogen-bond acceptors (Lipinski definition) is 2. The first kappa shape index (κ1) is 15.5. The first-order valence-corrected chi connectivity index (χ1v) is 7.27. The van der Waals surface area contributed by atoms with E-state index in [-0.39, 0.29) is 17.9 Å². The number of benzene rings is 2. The lowest BCUT2D eigenvalue weighted by Crippen LogP contribution is -2.23. The van der Waals surface area contributed by atoms with Gasteiger partial charge in [-0.25, -0.2) is 4.39 Å². The van der Waals surface area contributed by atoms with Crippen molar-refractivity contribution < 1.29 is 4.39 Å². The average molecular weight is 286 g/mol. The summed E-state index contributed by atoms with van der Waals surface area (Å²) in [6, 6.07) is 15.5. The van der Waals surface area contributed by atoms with Gasteiger partial charge in [-0.1, -0.05) is 30.3 Å². The number of hydrogen-bond donors (Lipinski definition) is 1. The number of nitrogens with zero attached hydrogens (tertiary/aromatic N) is 1. The summed E-state index contributed by atoms with van der Waals surface area (Å²) in [6.45, 7) is 4.09. The Morgan fingerprint density at radius 3 is 2.10 bits per heavy atom. The monoisotopic (exact) mass is 286 g/mol. The van der Waals surface area contributed by atoms with E-state index in [4.69, 9.17) is 0 Å². The predicted molar refractivity (Wildman–Crippen MR) is 87.1 cm³/mol. The normalized spacial score (nSPS) is 13.8. The third-order valence-corrected chi connectivity index (χ3v) is 3.78. The van der Waals surface area contributed by atoms with Crippen LogP contribution >= 0.6 is 0 Å². The molecular weight excluding hydrogens is 263 g/mol. The van der Waals surface area contributed by atoms with Crippen LogP contribution in [0.3, 0.4) is 0 Å². The Kier molecular flexibility index (Phi) is 4.97. The molecule has 2 aromatic rings. The summed E-state index contributed by atoms with van der Waals surface area (Å²) in [7, 11) is 4.05. The van der Waals surface area contributed by atoms with E-state index in [1.807, 2.05) is 33.2 Å². The fourth-order valence-electron chi connectivity index (χ4n) is 2.45. The van der Waals surface area contributed by atoms with E-state index in [9.17, 15) is 4.39 Å². The smallest absolute Gasteiger partial charge is 0.127 e. The second-order valence-corrected chi connectivity index (χ2v) is 5.62. The van der Waals surface area contributed by atoms with Gasteiger partial charge in [0.05, 0.1) is 0 Å². The van der Waals surface area contributed by atoms with Gasteiger partial charge in [-0.15, -0.1) is 0 Å². The van der Waals surface area contributed by atoms with Gasteiger partial charge in [0.1, 0.15) is 5.82 Å². The Morgan fingerprint density at radius 2 is 1.52 bits per heavy atom. The fourth-order valence-corrected chi connectivity index (χ4v) is 2.45. The summed E-state index contributed by atoms with van der Waals surface area (Å²) in [5.74, 6) is -0.160. The Labute approximate surface area is 126 Å². The van der Waals surface area contributed by atoms with Crippen LogP contribution in [0.15, 0.2) is 48.5 Å². The minimum atomic E-state index is -0.160. The van der Waals surface area contributed by atoms with Crippen molar-refractivity contribution in [2.24, 2.45) is 0 Å². The van der Waals surface area contributed by atoms with E-state index in [2.05, 4.69) is 41.4 Å². The van der Waals surface area contributed by atoms with Gasteiger partial charge in [0.15, 0.2) is 0 Å². The summed E-state index contributed by atoms with van der Waals surface area (Å²) in [6.07, 6.45) is 0. The molecule has 2 rings (SSSR count). The lowest BCUT2D eigenvalue weighted by molar-refractivity contribution is 0.474. The Balaban J connectivity index is 2.07. The van der Waals surface area contributed by atoms with Gasteiger partial charge in [-0.05, 0) is 37.6 Å². The van der Waals surface area contributed by atoms with E-state index >= 15 is 0 Å². The molecule has 0 aliphatic heterocycles. The standard InChI is InChI=1S/C18H23FN2/c1-13(15-9-11-16(12-10-15)21(3)4)20-14(2)17-7-5-6-8-18(17)19/h5-14,20H,1-4H3. The number of nitrogens with one attached hydrogen (secondary N) is 1. The summed E-state index contributed by atoms with van der Waals surface area (Å²) in [4.78, 5) is 2.07. The molecule has 2 nitrogen and oxygen atoms in total. The molecule has 0 spiro atoms. The largest absolute Gasteiger partial charge is 0.378 e. The Bertz CT molecular complexity index is 578. The third kappa shape index (κ3) is 3.82. The van der Waals surface area contributed by atoms with Crippen molar-refractivity contribution >= 4 is 5.69 Å². The molecule has 0 bridgehead atoms. The Morgan fingerprint density at radius 1 is 0.905 bits per heavy atom. The van der Waals surface area contributed by atoms with Crippen LogP contribution < -0.4 is 10.2 Å². The zero-order valence-corrected chi connectivity index (χ0v) is 13.1. The Hall–Kier alpha value is -1.87. The molecule has 21 heavy (non-hydrogen) atoms. The van der Waals surface area contributed by atoms with Gasteiger partial charge in [-0.3, -0.25) is 0 Å². The topological polar surface area (TPSA) is 15.3 Å². The molecule has 0 aliphatic rings. The van der Waals surface area contributed by atoms with Crippen LogP contribution in [-0.4, -0.2) is 14.1 Å². The zero-order valence-electron chi connectivity index (χ0n) is 13.1. The van der Waals surface area contributed by atoms with Gasteiger partial charge in [0.25, 0.3) is 0 Å². The third-order valence-electron chi connectivity index (χ3n) is 3.78. The van der Waals surface area contributed by atoms with E-state index in [0.717, 1.165) is 0 Å². The molecule has 0 amide bonds. The second-order valence-electron chi connectivity index (χ2n) is 5.62. The average Bonchev–Trinajstić information content (AvgIpc) is 2.47. The summed E-state index contributed by atoms with van der Waals surface area (Å²) >= 11 is 0. The van der Waals surface area contributed by atoms with Crippen LogP contribution in [0.25, 0.3) is 0 Å². The van der Waals surface area contributed by atoms with Crippen molar-refractivity contribution in [1.82, 2.24) is 5.32 Å². The molecule has 0 saturated carbocycles. The van der Waals surface area contributed by atoms with Crippen molar-refractivity contribution in [3.8, 4) is 0 Å². The molecule has 0 saturated heterocycles. The van der Waals surface area contributed by atoms with Crippen LogP contribution in [-0.2, 0) is 0 Å². The van der Waals surface area contributed by atoms with Crippen molar-refractivity contribution in [1.29, 1.82) is 0 Å². The van der Waals surface area contributed by atoms with Crippen LogP contribution in [0, 0.1) is 5.82 Å². The van der Waals surface area contributed by atoms with E-state index in [0.29, 0.717) is 5.56 Å². The van der Waals surface area contributed by atoms with Crippen molar-refractivity contribution in [2.75, 3.05) is 19.0 Å². The van der Waals surface area contributed by atoms with E-state index in [1.54, 1.807) is 6.07 Å². The van der Waals surface area contributed by atoms with Crippen molar-refractivity contribution in [3.05, 3.63) is 65.5 Å². The molecular formula is C18H23FN2. The molecule has 112 valence electrons. The van der Waals surface area contributed by atoms with Crippen LogP contribution in [0.4, 0.5) is 10.1 Å². The SMILES string of the molecule is CC(NC(C)c1ccccc1F)c1ccc(N(C)C)cc1. The molecule has 0 fully saturated rings. The van der Waals surface area contributed by atoms with E-state index < -0.39 is 0 Å². The highest BCUT2D eigenvalue weighted by atomic mass is 19.1. The molecule has 0 aliphatic carbocycles. The minimum absolute atomic E-state index is 0.0327. The van der Waals surface area contributed by atoms with Crippen molar-refractivity contribution in [3.63, 3.8) is 0 Å². The highest BCUT2D eigenvalue weighted by molar-refractivity contribution is 5.46. The quantitative estimate of drug-likeness (QED) is 0.881. The van der Waals surface area contributed by atoms with E-state index in [1.165, 1.54) is 17.3 Å². The lowest BCUT2D eigenvalue weighted by atomic mass is 10.0. The van der Waals surface area contributed by atoms with Crippen LogP contribution in [0.5, 0.6) is 0 Å². The first-order chi connectivity index (χ1) is 9.99. The van der Waals surface area contributed by atoms with Crippen LogP contribution in [0.2, 0.25) is 0 Å². The highest BCUT2D eigenvalue weighted by Crippen LogP contribution is 2.22. The van der Waals surface area contributed by atoms with Crippen molar-refractivity contribution in [2.45, 2.75) is 25.9 Å². The summed E-state index contributed by atoms with van der Waals surface area (Å²) in [5.41, 5.74) is 3.08. The maximum Gasteiger partial charge on any atom is 0.127 e. The molecule has 3 heteroatoms. The molecule has 2 aromatic carbocycles. The predicted octanol–water partition coefficient (Wildman–Crippen LogP) is 4.30. The highest BCUT2D eigenvalue weighted by Gasteiger charge is 2.14. The van der Waals surface area contributed by atoms with Gasteiger partial charge in [0.2, 0.25) is 0 Å². The maximum absolute atomic E-state index is 13.8. The number of rotatable bonds is 5. The molecule has 2 unspecified atom stereocenters. The summed E-state index contributed by atoms with van der Waals surface area (Å²) in [5, 5.41) is 3.45. The van der Waals surface area contributed by atoms with Crippen LogP contribution in [0.1, 0.15) is 37.1 Å². The molecule has 0 aromatic heterocycles. The molecule has 0 heterocycles. The molecule has 1 N–H and O–H groups in total. The first-order valence-electron chi connectivity index (χ1n) is 7.27. The van der Waals surface area contributed by atoms with Gasteiger partial charge < -0.3 is 10.2 Å². The van der Waals surface area contributed by atoms with Gasteiger partial charge in [-0.2, -0.15) is 0 Å². The fraction of sp³-hybridized carbons (Fsp3) is 0.333. The minimum Gasteiger partial charge on any atom is -0.378 e. The van der Waals surface area contributed by atoms with Gasteiger partial charge >= 0.3 is 0 Å². The zero-order chi connectivity index (χ0) is 15.4. The number of halogens is 1. The molecule has 0 radical (unpaired) electrons. The molecule has 2 atom stereocenters. The van der Waals surface area contributed by atoms with Gasteiger partial charge in [0, 0.05) is 37.4 Å².